The molecule has 0 aliphatic carbocycles. The van der Waals surface area contributed by atoms with Crippen LogP contribution in [0, 0.1) is 0 Å². The van der Waals surface area contributed by atoms with Crippen LogP contribution in [0.2, 0.25) is 0 Å². The van der Waals surface area contributed by atoms with Crippen molar-refractivity contribution in [3.05, 3.63) is 12.2 Å². The van der Waals surface area contributed by atoms with Gasteiger partial charge in [0.1, 0.15) is 0 Å². The van der Waals surface area contributed by atoms with Crippen LogP contribution < -0.4 is 5.73 Å². The van der Waals surface area contributed by atoms with Crippen molar-refractivity contribution in [2.24, 2.45) is 5.73 Å². The quantitative estimate of drug-likeness (QED) is 0.330. The summed E-state index contributed by atoms with van der Waals surface area (Å²) in [6, 6.07) is 0. The molecule has 0 saturated heterocycles. The molecule has 2 nitrogen and oxygen atoms in total. The summed E-state index contributed by atoms with van der Waals surface area (Å²) in [5.41, 5.74) is 5.46. The largest absolute Gasteiger partial charge is 0.393 e. The van der Waals surface area contributed by atoms with E-state index in [1.165, 1.54) is 70.6 Å². The molecule has 0 spiro atoms. The molecule has 0 saturated carbocycles. The van der Waals surface area contributed by atoms with Crippen molar-refractivity contribution in [1.29, 1.82) is 0 Å². The number of hydrogen-bond acceptors (Lipinski definition) is 2. The molecule has 0 aromatic rings. The maximum absolute atomic E-state index is 9.81. The predicted molar refractivity (Wildman–Crippen MR) is 89.9 cm³/mol. The number of unbranched alkanes of at least 4 members (excludes halogenated alkanes) is 9. The minimum absolute atomic E-state index is 0.126. The summed E-state index contributed by atoms with van der Waals surface area (Å²) < 4.78 is 0. The second-order valence-electron chi connectivity index (χ2n) is 5.91. The lowest BCUT2D eigenvalue weighted by Crippen LogP contribution is -2.04. The fourth-order valence-corrected chi connectivity index (χ4v) is 2.41. The van der Waals surface area contributed by atoms with Crippen LogP contribution in [-0.4, -0.2) is 17.8 Å². The molecule has 0 aromatic heterocycles. The molecule has 0 unspecified atom stereocenters. The molecule has 2 heteroatoms. The first-order chi connectivity index (χ1) is 9.81. The second-order valence-corrected chi connectivity index (χ2v) is 5.91. The van der Waals surface area contributed by atoms with Crippen LogP contribution in [0.25, 0.3) is 0 Å². The minimum atomic E-state index is -0.126. The fourth-order valence-electron chi connectivity index (χ4n) is 2.41. The first-order valence-electron chi connectivity index (χ1n) is 8.84. The van der Waals surface area contributed by atoms with Crippen LogP contribution in [0.3, 0.4) is 0 Å². The van der Waals surface area contributed by atoms with Gasteiger partial charge in [0.25, 0.3) is 0 Å². The van der Waals surface area contributed by atoms with Gasteiger partial charge in [-0.2, -0.15) is 0 Å². The van der Waals surface area contributed by atoms with Crippen molar-refractivity contribution in [2.45, 2.75) is 96.5 Å². The third kappa shape index (κ3) is 15.7. The number of rotatable bonds is 15. The summed E-state index contributed by atoms with van der Waals surface area (Å²) in [6.07, 6.45) is 20.0. The average molecular weight is 283 g/mol. The van der Waals surface area contributed by atoms with Gasteiger partial charge in [-0.05, 0) is 38.6 Å². The molecular weight excluding hydrogens is 246 g/mol. The van der Waals surface area contributed by atoms with Gasteiger partial charge in [0.2, 0.25) is 0 Å². The third-order valence-electron chi connectivity index (χ3n) is 3.79. The number of aliphatic hydroxyl groups is 1. The zero-order chi connectivity index (χ0) is 14.9. The Morgan fingerprint density at radius 2 is 1.50 bits per heavy atom. The molecule has 1 atom stereocenters. The first-order valence-corrected chi connectivity index (χ1v) is 8.84. The van der Waals surface area contributed by atoms with E-state index >= 15 is 0 Å². The molecule has 0 aliphatic rings. The monoisotopic (exact) mass is 283 g/mol. The lowest BCUT2D eigenvalue weighted by atomic mass is 10.1. The van der Waals surface area contributed by atoms with E-state index in [-0.39, 0.29) is 6.10 Å². The Hall–Kier alpha value is -0.340. The zero-order valence-electron chi connectivity index (χ0n) is 13.7. The van der Waals surface area contributed by atoms with Gasteiger partial charge < -0.3 is 10.8 Å². The molecule has 0 rings (SSSR count). The molecule has 0 aliphatic heterocycles. The SMILES string of the molecule is CCCCCC[C@@H](O)C/C=C\CCCCCCCCN. The molecule has 0 heterocycles. The molecule has 0 radical (unpaired) electrons. The average Bonchev–Trinajstić information content (AvgIpc) is 2.45. The third-order valence-corrected chi connectivity index (χ3v) is 3.79. The molecule has 0 bridgehead atoms. The summed E-state index contributed by atoms with van der Waals surface area (Å²) in [6.45, 7) is 3.06. The molecule has 20 heavy (non-hydrogen) atoms. The predicted octanol–water partition coefficient (Wildman–Crippen LogP) is 4.95. The minimum Gasteiger partial charge on any atom is -0.393 e. The summed E-state index contributed by atoms with van der Waals surface area (Å²) in [5.74, 6) is 0. The first kappa shape index (κ1) is 19.7. The summed E-state index contributed by atoms with van der Waals surface area (Å²) in [7, 11) is 0. The van der Waals surface area contributed by atoms with Gasteiger partial charge in [0, 0.05) is 0 Å². The highest BCUT2D eigenvalue weighted by molar-refractivity contribution is 4.83. The maximum Gasteiger partial charge on any atom is 0.0574 e. The Morgan fingerprint density at radius 3 is 2.20 bits per heavy atom. The second kappa shape index (κ2) is 16.7. The molecule has 0 aromatic carbocycles. The van der Waals surface area contributed by atoms with Gasteiger partial charge in [-0.3, -0.25) is 0 Å². The number of aliphatic hydroxyl groups excluding tert-OH is 1. The van der Waals surface area contributed by atoms with E-state index in [1.54, 1.807) is 0 Å². The van der Waals surface area contributed by atoms with E-state index in [2.05, 4.69) is 19.1 Å². The van der Waals surface area contributed by atoms with Gasteiger partial charge in [-0.15, -0.1) is 0 Å². The summed E-state index contributed by atoms with van der Waals surface area (Å²) in [4.78, 5) is 0. The number of hydrogen-bond donors (Lipinski definition) is 2. The van der Waals surface area contributed by atoms with Crippen molar-refractivity contribution >= 4 is 0 Å². The molecule has 0 amide bonds. The summed E-state index contributed by atoms with van der Waals surface area (Å²) >= 11 is 0. The highest BCUT2D eigenvalue weighted by Gasteiger charge is 2.00. The van der Waals surface area contributed by atoms with Crippen molar-refractivity contribution in [2.75, 3.05) is 6.54 Å². The zero-order valence-corrected chi connectivity index (χ0v) is 13.7. The highest BCUT2D eigenvalue weighted by atomic mass is 16.3. The Balaban J connectivity index is 3.21. The van der Waals surface area contributed by atoms with E-state index in [9.17, 15) is 5.11 Å². The molecule has 0 fully saturated rings. The van der Waals surface area contributed by atoms with E-state index < -0.39 is 0 Å². The van der Waals surface area contributed by atoms with Crippen molar-refractivity contribution in [3.8, 4) is 0 Å². The van der Waals surface area contributed by atoms with Gasteiger partial charge >= 0.3 is 0 Å². The number of nitrogens with two attached hydrogens (primary N) is 1. The maximum atomic E-state index is 9.81. The highest BCUT2D eigenvalue weighted by Crippen LogP contribution is 2.10. The van der Waals surface area contributed by atoms with Crippen molar-refractivity contribution < 1.29 is 5.11 Å². The van der Waals surface area contributed by atoms with Crippen LogP contribution >= 0.6 is 0 Å². The van der Waals surface area contributed by atoms with Crippen molar-refractivity contribution in [3.63, 3.8) is 0 Å². The Labute approximate surface area is 126 Å². The topological polar surface area (TPSA) is 46.2 Å². The van der Waals surface area contributed by atoms with E-state index in [0.29, 0.717) is 0 Å². The van der Waals surface area contributed by atoms with Gasteiger partial charge in [-0.1, -0.05) is 70.4 Å². The standard InChI is InChI=1S/C18H37NO/c1-2-3-4-12-15-18(20)16-13-10-8-6-5-7-9-11-14-17-19/h10,13,18,20H,2-9,11-12,14-17,19H2,1H3/b13-10-/t18-/m1/s1. The summed E-state index contributed by atoms with van der Waals surface area (Å²) in [5, 5.41) is 9.81. The Bertz CT molecular complexity index is 204. The van der Waals surface area contributed by atoms with Gasteiger partial charge in [-0.25, -0.2) is 0 Å². The van der Waals surface area contributed by atoms with Gasteiger partial charge in [0.15, 0.2) is 0 Å². The van der Waals surface area contributed by atoms with Gasteiger partial charge in [0.05, 0.1) is 6.10 Å². The molecule has 120 valence electrons. The molecule has 3 N–H and O–H groups in total. The molecular formula is C18H37NO. The van der Waals surface area contributed by atoms with E-state index in [1.807, 2.05) is 0 Å². The normalized spacial score (nSPS) is 13.2. The van der Waals surface area contributed by atoms with E-state index in [0.717, 1.165) is 19.4 Å². The van der Waals surface area contributed by atoms with E-state index in [4.69, 9.17) is 5.73 Å². The van der Waals surface area contributed by atoms with Crippen LogP contribution in [0.1, 0.15) is 90.4 Å². The van der Waals surface area contributed by atoms with Crippen LogP contribution in [0.5, 0.6) is 0 Å². The Morgan fingerprint density at radius 1 is 0.850 bits per heavy atom. The lowest BCUT2D eigenvalue weighted by molar-refractivity contribution is 0.163. The smallest absolute Gasteiger partial charge is 0.0574 e. The number of allylic oxidation sites excluding steroid dienone is 1. The van der Waals surface area contributed by atoms with Crippen LogP contribution in [0.4, 0.5) is 0 Å². The van der Waals surface area contributed by atoms with Crippen LogP contribution in [0.15, 0.2) is 12.2 Å². The van der Waals surface area contributed by atoms with Crippen molar-refractivity contribution in [1.82, 2.24) is 0 Å². The lowest BCUT2D eigenvalue weighted by Gasteiger charge is -2.07. The Kier molecular flexibility index (Phi) is 16.4. The fraction of sp³-hybridized carbons (Fsp3) is 0.889. The van der Waals surface area contributed by atoms with Crippen LogP contribution in [-0.2, 0) is 0 Å².